The van der Waals surface area contributed by atoms with Crippen LogP contribution in [0, 0.1) is 27.3 Å². The number of hydrogen-bond acceptors (Lipinski definition) is 8. The molecule has 0 amide bonds. The van der Waals surface area contributed by atoms with Gasteiger partial charge in [-0.15, -0.1) is 0 Å². The second-order valence-electron chi connectivity index (χ2n) is 10.1. The summed E-state index contributed by atoms with van der Waals surface area (Å²) in [5, 5.41) is 29.6. The molecule has 0 atom stereocenters. The highest BCUT2D eigenvalue weighted by atomic mass is 32.1. The number of pyridine rings is 2. The summed E-state index contributed by atoms with van der Waals surface area (Å²) in [5.74, 6) is 2.90. The van der Waals surface area contributed by atoms with E-state index in [1.165, 1.54) is 12.8 Å². The lowest BCUT2D eigenvalue weighted by Gasteiger charge is -2.44. The maximum Gasteiger partial charge on any atom is 0.149 e. The van der Waals surface area contributed by atoms with Gasteiger partial charge in [0.2, 0.25) is 0 Å². The van der Waals surface area contributed by atoms with E-state index in [1.807, 2.05) is 28.8 Å². The lowest BCUT2D eigenvalue weighted by molar-refractivity contribution is 0.356. The van der Waals surface area contributed by atoms with Crippen molar-refractivity contribution in [2.75, 3.05) is 35.7 Å². The van der Waals surface area contributed by atoms with Gasteiger partial charge in [0.05, 0.1) is 18.1 Å². The molecular weight excluding hydrogens is 482 g/mol. The Balaban J connectivity index is 1.70. The minimum Gasteiger partial charge on any atom is -0.497 e. The van der Waals surface area contributed by atoms with Crippen molar-refractivity contribution in [2.24, 2.45) is 0 Å². The number of nitriles is 2. The number of anilines is 3. The van der Waals surface area contributed by atoms with E-state index in [2.05, 4.69) is 27.7 Å². The highest BCUT2D eigenvalue weighted by Crippen LogP contribution is 2.47. The molecule has 1 aliphatic carbocycles. The predicted molar refractivity (Wildman–Crippen MR) is 147 cm³/mol. The summed E-state index contributed by atoms with van der Waals surface area (Å²) in [6, 6.07) is 12.4. The minimum atomic E-state index is -0.358. The van der Waals surface area contributed by atoms with Crippen molar-refractivity contribution in [3.05, 3.63) is 40.0 Å². The molecule has 1 spiro atoms. The van der Waals surface area contributed by atoms with Crippen LogP contribution in [0.25, 0.3) is 16.5 Å². The molecule has 188 valence electrons. The Labute approximate surface area is 221 Å². The van der Waals surface area contributed by atoms with Gasteiger partial charge in [-0.1, -0.05) is 18.6 Å². The van der Waals surface area contributed by atoms with Crippen molar-refractivity contribution >= 4 is 40.4 Å². The van der Waals surface area contributed by atoms with E-state index in [1.54, 1.807) is 7.11 Å². The Hall–Kier alpha value is -3.82. The van der Waals surface area contributed by atoms with Crippen LogP contribution in [0.1, 0.15) is 62.5 Å². The number of aromatic nitrogens is 2. The van der Waals surface area contributed by atoms with Gasteiger partial charge in [-0.3, -0.25) is 4.57 Å². The molecule has 0 radical (unpaired) electrons. The van der Waals surface area contributed by atoms with Crippen LogP contribution in [-0.4, -0.2) is 35.4 Å². The van der Waals surface area contributed by atoms with Crippen LogP contribution in [0.15, 0.2) is 24.3 Å². The minimum absolute atomic E-state index is 0.325. The van der Waals surface area contributed by atoms with Crippen LogP contribution in [0.5, 0.6) is 5.75 Å². The second-order valence-corrected chi connectivity index (χ2v) is 10.5. The molecule has 37 heavy (non-hydrogen) atoms. The normalized spacial score (nSPS) is 18.0. The molecule has 2 aliphatic heterocycles. The van der Waals surface area contributed by atoms with Crippen molar-refractivity contribution in [1.82, 2.24) is 9.55 Å². The van der Waals surface area contributed by atoms with Gasteiger partial charge >= 0.3 is 0 Å². The molecule has 2 N–H and O–H groups in total. The fourth-order valence-electron chi connectivity index (χ4n) is 6.11. The van der Waals surface area contributed by atoms with Crippen molar-refractivity contribution in [3.63, 3.8) is 0 Å². The van der Waals surface area contributed by atoms with Gasteiger partial charge in [-0.25, -0.2) is 4.98 Å². The standard InChI is InChI=1S/C28H29N7OS/c1-36-19-10-8-18(9-11-19)35-26-23-22(21(17-30)27(35)37)20(16-29)25(34-14-6-3-7-15-34)31-24(23)32-28(33-26)12-4-2-5-13-28/h8-11,33H,2-7,12-15H2,1H3,(H,31,32). The van der Waals surface area contributed by atoms with Crippen LogP contribution in [0.2, 0.25) is 0 Å². The first-order valence-electron chi connectivity index (χ1n) is 13.0. The highest BCUT2D eigenvalue weighted by molar-refractivity contribution is 7.71. The van der Waals surface area contributed by atoms with E-state index in [0.717, 1.165) is 80.1 Å². The first kappa shape index (κ1) is 23.6. The first-order chi connectivity index (χ1) is 18.1. The van der Waals surface area contributed by atoms with E-state index < -0.39 is 0 Å². The number of rotatable bonds is 3. The zero-order chi connectivity index (χ0) is 25.6. The lowest BCUT2D eigenvalue weighted by Crippen LogP contribution is -2.50. The zero-order valence-electron chi connectivity index (χ0n) is 20.9. The van der Waals surface area contributed by atoms with Crippen LogP contribution < -0.4 is 20.3 Å². The number of ether oxygens (including phenoxy) is 1. The number of benzene rings is 1. The Kier molecular flexibility index (Phi) is 5.89. The quantitative estimate of drug-likeness (QED) is 0.413. The molecule has 1 aromatic carbocycles. The van der Waals surface area contributed by atoms with Crippen molar-refractivity contribution in [3.8, 4) is 23.6 Å². The second kappa shape index (κ2) is 9.24. The summed E-state index contributed by atoms with van der Waals surface area (Å²) < 4.78 is 7.68. The number of hydrogen-bond donors (Lipinski definition) is 2. The number of piperidine rings is 1. The number of nitrogens with one attached hydrogen (secondary N) is 2. The van der Waals surface area contributed by atoms with Gasteiger partial charge < -0.3 is 20.3 Å². The zero-order valence-corrected chi connectivity index (χ0v) is 21.7. The molecule has 3 aromatic rings. The lowest BCUT2D eigenvalue weighted by atomic mass is 9.87. The molecular formula is C28H29N7OS. The Morgan fingerprint density at radius 1 is 0.919 bits per heavy atom. The Morgan fingerprint density at radius 3 is 2.24 bits per heavy atom. The Bertz CT molecular complexity index is 1520. The average Bonchev–Trinajstić information content (AvgIpc) is 2.94. The summed E-state index contributed by atoms with van der Waals surface area (Å²) in [5.41, 5.74) is 1.22. The van der Waals surface area contributed by atoms with Crippen molar-refractivity contribution < 1.29 is 4.74 Å². The first-order valence-corrected chi connectivity index (χ1v) is 13.4. The summed E-state index contributed by atoms with van der Waals surface area (Å²) in [7, 11) is 1.63. The van der Waals surface area contributed by atoms with Crippen molar-refractivity contribution in [1.29, 1.82) is 10.5 Å². The van der Waals surface area contributed by atoms with Crippen LogP contribution in [-0.2, 0) is 0 Å². The molecule has 3 aliphatic rings. The monoisotopic (exact) mass is 511 g/mol. The van der Waals surface area contributed by atoms with Gasteiger partial charge in [0.1, 0.15) is 51.2 Å². The van der Waals surface area contributed by atoms with E-state index in [0.29, 0.717) is 27.0 Å². The van der Waals surface area contributed by atoms with Gasteiger partial charge in [-0.05, 0) is 69.2 Å². The van der Waals surface area contributed by atoms with Crippen LogP contribution in [0.4, 0.5) is 17.5 Å². The van der Waals surface area contributed by atoms with Crippen LogP contribution in [0.3, 0.4) is 0 Å². The molecule has 0 bridgehead atoms. The van der Waals surface area contributed by atoms with Crippen molar-refractivity contribution in [2.45, 2.75) is 57.0 Å². The molecule has 6 rings (SSSR count). The average molecular weight is 512 g/mol. The molecule has 2 fully saturated rings. The maximum absolute atomic E-state index is 10.4. The van der Waals surface area contributed by atoms with Gasteiger partial charge in [0.25, 0.3) is 0 Å². The van der Waals surface area contributed by atoms with Gasteiger partial charge in [0, 0.05) is 24.2 Å². The third-order valence-electron chi connectivity index (χ3n) is 7.94. The molecule has 1 saturated heterocycles. The number of nitrogens with zero attached hydrogens (tertiary/aromatic N) is 5. The molecule has 4 heterocycles. The summed E-state index contributed by atoms with van der Waals surface area (Å²) in [6.45, 7) is 1.70. The summed E-state index contributed by atoms with van der Waals surface area (Å²) in [6.07, 6.45) is 8.61. The van der Waals surface area contributed by atoms with Gasteiger partial charge in [-0.2, -0.15) is 10.5 Å². The third kappa shape index (κ3) is 3.77. The van der Waals surface area contributed by atoms with E-state index in [-0.39, 0.29) is 5.66 Å². The van der Waals surface area contributed by atoms with E-state index >= 15 is 0 Å². The summed E-state index contributed by atoms with van der Waals surface area (Å²) in [4.78, 5) is 7.32. The smallest absolute Gasteiger partial charge is 0.149 e. The number of methoxy groups -OCH3 is 1. The SMILES string of the molecule is COc1ccc(-n2c3c4c(nc(N5CCCCC5)c(C#N)c4c(C#N)c2=S)NC2(CCCCC2)N3)cc1. The third-order valence-corrected chi connectivity index (χ3v) is 8.32. The highest BCUT2D eigenvalue weighted by Gasteiger charge is 2.40. The molecule has 1 saturated carbocycles. The summed E-state index contributed by atoms with van der Waals surface area (Å²) >= 11 is 5.99. The van der Waals surface area contributed by atoms with E-state index in [4.69, 9.17) is 21.9 Å². The fourth-order valence-corrected chi connectivity index (χ4v) is 6.45. The Morgan fingerprint density at radius 2 is 1.59 bits per heavy atom. The fraction of sp³-hybridized carbons (Fsp3) is 0.429. The predicted octanol–water partition coefficient (Wildman–Crippen LogP) is 6.00. The largest absolute Gasteiger partial charge is 0.497 e. The molecule has 0 unspecified atom stereocenters. The molecule has 9 heteroatoms. The maximum atomic E-state index is 10.4. The molecule has 8 nitrogen and oxygen atoms in total. The topological polar surface area (TPSA) is 102 Å². The van der Waals surface area contributed by atoms with Gasteiger partial charge in [0.15, 0.2) is 0 Å². The molecule has 2 aromatic heterocycles. The van der Waals surface area contributed by atoms with Crippen LogP contribution >= 0.6 is 12.2 Å². The van der Waals surface area contributed by atoms with E-state index in [9.17, 15) is 10.5 Å².